The lowest BCUT2D eigenvalue weighted by atomic mass is 9.90. The number of carbonyl (C=O) groups is 4. The van der Waals surface area contributed by atoms with Crippen LogP contribution in [0.15, 0.2) is 28.2 Å². The van der Waals surface area contributed by atoms with Crippen LogP contribution in [0.25, 0.3) is 0 Å². The molecule has 1 aromatic carbocycles. The molecule has 1 aliphatic carbocycles. The van der Waals surface area contributed by atoms with Crippen LogP contribution >= 0.6 is 23.4 Å². The first-order valence-electron chi connectivity index (χ1n) is 9.61. The van der Waals surface area contributed by atoms with Gasteiger partial charge < -0.3 is 9.47 Å². The third-order valence-electron chi connectivity index (χ3n) is 4.73. The molecule has 0 saturated heterocycles. The third kappa shape index (κ3) is 5.86. The van der Waals surface area contributed by atoms with Gasteiger partial charge in [-0.1, -0.05) is 18.5 Å². The minimum absolute atomic E-state index is 0.0265. The van der Waals surface area contributed by atoms with Gasteiger partial charge in [0.15, 0.2) is 0 Å². The van der Waals surface area contributed by atoms with Gasteiger partial charge in [-0.15, -0.1) is 11.8 Å². The average Bonchev–Trinajstić information content (AvgIpc) is 2.78. The molecule has 1 aliphatic rings. The number of halogens is 2. The predicted octanol–water partition coefficient (Wildman–Crippen LogP) is 4.06. The van der Waals surface area contributed by atoms with Crippen molar-refractivity contribution in [1.82, 2.24) is 0 Å². The van der Waals surface area contributed by atoms with E-state index in [0.29, 0.717) is 24.2 Å². The number of carbonyl (C=O) groups excluding carboxylic acids is 4. The summed E-state index contributed by atoms with van der Waals surface area (Å²) in [6.07, 6.45) is 1.89. The van der Waals surface area contributed by atoms with Crippen LogP contribution in [-0.2, 0) is 28.7 Å². The van der Waals surface area contributed by atoms with Crippen LogP contribution in [0.2, 0.25) is 5.02 Å². The van der Waals surface area contributed by atoms with Crippen molar-refractivity contribution in [3.05, 3.63) is 34.1 Å². The standard InChI is InChI=1S/C21H23ClFNO6S/c1-4-18(25)24(20(27)12-7-5-6-8-13(12)21(28)30-3)16-10-17(14(22)9-15(16)23)31-11-19(26)29-2/h9-10H,4-8,11H2,1-3H3. The fourth-order valence-corrected chi connectivity index (χ4v) is 4.23. The molecule has 1 aromatic rings. The Morgan fingerprint density at radius 3 is 2.32 bits per heavy atom. The number of imide groups is 1. The first kappa shape index (κ1) is 24.9. The molecule has 0 aliphatic heterocycles. The molecule has 7 nitrogen and oxygen atoms in total. The Bertz CT molecular complexity index is 933. The quantitative estimate of drug-likeness (QED) is 0.437. The van der Waals surface area contributed by atoms with Gasteiger partial charge >= 0.3 is 11.9 Å². The van der Waals surface area contributed by atoms with Crippen LogP contribution in [0, 0.1) is 5.82 Å². The largest absolute Gasteiger partial charge is 0.468 e. The van der Waals surface area contributed by atoms with E-state index in [0.717, 1.165) is 22.7 Å². The van der Waals surface area contributed by atoms with Gasteiger partial charge in [0.25, 0.3) is 5.91 Å². The lowest BCUT2D eigenvalue weighted by Crippen LogP contribution is -2.39. The Hall–Kier alpha value is -2.39. The highest BCUT2D eigenvalue weighted by atomic mass is 35.5. The Morgan fingerprint density at radius 2 is 1.74 bits per heavy atom. The second-order valence-corrected chi connectivity index (χ2v) is 8.07. The van der Waals surface area contributed by atoms with Gasteiger partial charge in [0, 0.05) is 22.5 Å². The van der Waals surface area contributed by atoms with Gasteiger partial charge in [0.1, 0.15) is 5.82 Å². The van der Waals surface area contributed by atoms with Crippen molar-refractivity contribution in [2.24, 2.45) is 0 Å². The van der Waals surface area contributed by atoms with E-state index in [2.05, 4.69) is 4.74 Å². The first-order chi connectivity index (χ1) is 14.7. The number of esters is 2. The molecule has 10 heteroatoms. The van der Waals surface area contributed by atoms with Gasteiger partial charge in [0.2, 0.25) is 5.91 Å². The first-order valence-corrected chi connectivity index (χ1v) is 11.0. The van der Waals surface area contributed by atoms with Crippen molar-refractivity contribution in [2.45, 2.75) is 43.9 Å². The zero-order chi connectivity index (χ0) is 23.1. The normalized spacial score (nSPS) is 13.6. The number of anilines is 1. The van der Waals surface area contributed by atoms with Crippen molar-refractivity contribution in [2.75, 3.05) is 24.9 Å². The zero-order valence-corrected chi connectivity index (χ0v) is 19.0. The van der Waals surface area contributed by atoms with Crippen LogP contribution in [0.3, 0.4) is 0 Å². The summed E-state index contributed by atoms with van der Waals surface area (Å²) in [4.78, 5) is 50.7. The summed E-state index contributed by atoms with van der Waals surface area (Å²) < 4.78 is 24.2. The number of thioether (sulfide) groups is 1. The fraction of sp³-hybridized carbons (Fsp3) is 0.429. The number of benzene rings is 1. The van der Waals surface area contributed by atoms with Crippen LogP contribution in [-0.4, -0.2) is 43.7 Å². The Kier molecular flexibility index (Phi) is 9.06. The molecule has 2 amide bonds. The molecule has 0 N–H and O–H groups in total. The topological polar surface area (TPSA) is 90.0 Å². The summed E-state index contributed by atoms with van der Waals surface area (Å²) in [5.41, 5.74) is 0.0382. The Morgan fingerprint density at radius 1 is 1.10 bits per heavy atom. The molecule has 31 heavy (non-hydrogen) atoms. The number of ether oxygens (including phenoxy) is 2. The molecule has 0 radical (unpaired) electrons. The van der Waals surface area contributed by atoms with Crippen LogP contribution in [0.1, 0.15) is 39.0 Å². The minimum Gasteiger partial charge on any atom is -0.468 e. The molecule has 0 atom stereocenters. The van der Waals surface area contributed by atoms with Crippen molar-refractivity contribution in [3.8, 4) is 0 Å². The number of hydrogen-bond acceptors (Lipinski definition) is 7. The predicted molar refractivity (Wildman–Crippen MR) is 114 cm³/mol. The summed E-state index contributed by atoms with van der Waals surface area (Å²) in [6, 6.07) is 2.23. The summed E-state index contributed by atoms with van der Waals surface area (Å²) in [6.45, 7) is 1.54. The SMILES string of the molecule is CCC(=O)N(C(=O)C1=C(C(=O)OC)CCCC1)c1cc(SCC(=O)OC)c(Cl)cc1F. The molecule has 0 bridgehead atoms. The molecule has 0 spiro atoms. The van der Waals surface area contributed by atoms with Gasteiger partial charge in [-0.25, -0.2) is 14.1 Å². The minimum atomic E-state index is -0.876. The molecular weight excluding hydrogens is 449 g/mol. The Labute approximate surface area is 188 Å². The molecule has 0 saturated carbocycles. The van der Waals surface area contributed by atoms with E-state index in [9.17, 15) is 23.6 Å². The maximum absolute atomic E-state index is 14.9. The van der Waals surface area contributed by atoms with E-state index in [1.807, 2.05) is 0 Å². The number of methoxy groups -OCH3 is 2. The van der Waals surface area contributed by atoms with E-state index >= 15 is 0 Å². The highest BCUT2D eigenvalue weighted by molar-refractivity contribution is 8.00. The van der Waals surface area contributed by atoms with Gasteiger partial charge in [-0.2, -0.15) is 0 Å². The molecule has 0 unspecified atom stereocenters. The van der Waals surface area contributed by atoms with Crippen molar-refractivity contribution in [3.63, 3.8) is 0 Å². The second kappa shape index (κ2) is 11.3. The van der Waals surface area contributed by atoms with Crippen molar-refractivity contribution in [1.29, 1.82) is 0 Å². The van der Waals surface area contributed by atoms with E-state index in [4.69, 9.17) is 16.3 Å². The molecule has 2 rings (SSSR count). The van der Waals surface area contributed by atoms with Crippen molar-refractivity contribution >= 4 is 52.8 Å². The van der Waals surface area contributed by atoms with Crippen LogP contribution in [0.5, 0.6) is 0 Å². The number of rotatable bonds is 7. The van der Waals surface area contributed by atoms with Gasteiger partial charge in [-0.3, -0.25) is 14.4 Å². The molecule has 168 valence electrons. The second-order valence-electron chi connectivity index (χ2n) is 6.64. The summed E-state index contributed by atoms with van der Waals surface area (Å²) in [7, 11) is 2.45. The molecule has 0 aromatic heterocycles. The lowest BCUT2D eigenvalue weighted by Gasteiger charge is -2.26. The van der Waals surface area contributed by atoms with Crippen molar-refractivity contribution < 1.29 is 33.0 Å². The number of hydrogen-bond donors (Lipinski definition) is 0. The molecule has 0 heterocycles. The lowest BCUT2D eigenvalue weighted by molar-refractivity contribution is -0.138. The van der Waals surface area contributed by atoms with Gasteiger partial charge in [0.05, 0.1) is 30.7 Å². The molecular formula is C21H23ClFNO6S. The molecule has 0 fully saturated rings. The average molecular weight is 472 g/mol. The fourth-order valence-electron chi connectivity index (χ4n) is 3.14. The number of nitrogens with zero attached hydrogens (tertiary/aromatic N) is 1. The summed E-state index contributed by atoms with van der Waals surface area (Å²) in [5, 5.41) is 0.0265. The van der Waals surface area contributed by atoms with E-state index in [1.54, 1.807) is 6.92 Å². The van der Waals surface area contributed by atoms with E-state index < -0.39 is 29.6 Å². The smallest absolute Gasteiger partial charge is 0.334 e. The summed E-state index contributed by atoms with van der Waals surface area (Å²) in [5.74, 6) is -3.53. The maximum atomic E-state index is 14.9. The maximum Gasteiger partial charge on any atom is 0.334 e. The van der Waals surface area contributed by atoms with Gasteiger partial charge in [-0.05, 0) is 37.8 Å². The zero-order valence-electron chi connectivity index (χ0n) is 17.5. The van der Waals surface area contributed by atoms with E-state index in [1.165, 1.54) is 20.3 Å². The van der Waals surface area contributed by atoms with Crippen LogP contribution in [0.4, 0.5) is 10.1 Å². The highest BCUT2D eigenvalue weighted by Gasteiger charge is 2.33. The highest BCUT2D eigenvalue weighted by Crippen LogP contribution is 2.36. The third-order valence-corrected chi connectivity index (χ3v) is 6.18. The van der Waals surface area contributed by atoms with E-state index in [-0.39, 0.29) is 40.5 Å². The summed E-state index contributed by atoms with van der Waals surface area (Å²) >= 11 is 7.07. The Balaban J connectivity index is 2.55. The van der Waals surface area contributed by atoms with Crippen LogP contribution < -0.4 is 4.90 Å². The monoisotopic (exact) mass is 471 g/mol. The number of amides is 2.